The molecule has 3 N–H and O–H groups in total. The first kappa shape index (κ1) is 14.1. The zero-order valence-corrected chi connectivity index (χ0v) is 12.5. The number of allylic oxidation sites excluding steroid dienone is 1. The topological polar surface area (TPSA) is 58.4 Å². The summed E-state index contributed by atoms with van der Waals surface area (Å²) in [5.74, 6) is 0.635. The molecule has 1 saturated carbocycles. The van der Waals surface area contributed by atoms with E-state index < -0.39 is 0 Å². The summed E-state index contributed by atoms with van der Waals surface area (Å²) in [7, 11) is 0. The molecule has 21 heavy (non-hydrogen) atoms. The molecule has 1 saturated heterocycles. The number of carbonyl (C=O) groups excluding carboxylic acids is 1. The quantitative estimate of drug-likeness (QED) is 0.885. The number of nitrogens with zero attached hydrogens (tertiary/aromatic N) is 1. The van der Waals surface area contributed by atoms with Gasteiger partial charge in [-0.3, -0.25) is 4.79 Å². The molecule has 1 aliphatic heterocycles. The van der Waals surface area contributed by atoms with Crippen LogP contribution in [0.5, 0.6) is 0 Å². The van der Waals surface area contributed by atoms with E-state index in [9.17, 15) is 4.79 Å². The summed E-state index contributed by atoms with van der Waals surface area (Å²) >= 11 is 0. The zero-order chi connectivity index (χ0) is 15.0. The molecule has 2 aliphatic rings. The molecule has 1 aliphatic carbocycles. The Balaban J connectivity index is 1.69. The van der Waals surface area contributed by atoms with Crippen molar-refractivity contribution in [3.8, 4) is 0 Å². The Labute approximate surface area is 126 Å². The van der Waals surface area contributed by atoms with Gasteiger partial charge in [0.1, 0.15) is 0 Å². The van der Waals surface area contributed by atoms with E-state index in [0.29, 0.717) is 23.4 Å². The summed E-state index contributed by atoms with van der Waals surface area (Å²) in [6, 6.07) is 8.22. The van der Waals surface area contributed by atoms with E-state index in [1.807, 2.05) is 12.1 Å². The molecule has 4 nitrogen and oxygen atoms in total. The van der Waals surface area contributed by atoms with E-state index >= 15 is 0 Å². The van der Waals surface area contributed by atoms with E-state index in [0.717, 1.165) is 26.1 Å². The lowest BCUT2D eigenvalue weighted by Crippen LogP contribution is -2.49. The summed E-state index contributed by atoms with van der Waals surface area (Å²) < 4.78 is 0. The molecule has 3 atom stereocenters. The maximum Gasteiger partial charge on any atom is 0.248 e. The molecule has 1 aromatic rings. The lowest BCUT2D eigenvalue weighted by atomic mass is 10.0. The van der Waals surface area contributed by atoms with Gasteiger partial charge in [0.15, 0.2) is 0 Å². The molecule has 2 fully saturated rings. The molecule has 3 rings (SSSR count). The number of hydrogen-bond donors (Lipinski definition) is 2. The highest BCUT2D eigenvalue weighted by atomic mass is 16.1. The Bertz CT molecular complexity index is 569. The second kappa shape index (κ2) is 5.53. The number of benzene rings is 1. The SMILES string of the molecule is C=C([C@@H]1C[C@@H]1c1cccc(C(N)=O)c1)N1CCNC[C@H]1C. The van der Waals surface area contributed by atoms with Crippen LogP contribution < -0.4 is 11.1 Å². The van der Waals surface area contributed by atoms with Crippen molar-refractivity contribution in [2.75, 3.05) is 19.6 Å². The van der Waals surface area contributed by atoms with Gasteiger partial charge in [0.25, 0.3) is 0 Å². The number of rotatable bonds is 4. The van der Waals surface area contributed by atoms with Crippen LogP contribution in [-0.2, 0) is 0 Å². The van der Waals surface area contributed by atoms with Gasteiger partial charge in [-0.25, -0.2) is 0 Å². The van der Waals surface area contributed by atoms with Crippen LogP contribution in [0.3, 0.4) is 0 Å². The maximum absolute atomic E-state index is 11.3. The fourth-order valence-corrected chi connectivity index (χ4v) is 3.33. The Morgan fingerprint density at radius 1 is 1.48 bits per heavy atom. The molecule has 0 spiro atoms. The van der Waals surface area contributed by atoms with Crippen molar-refractivity contribution >= 4 is 5.91 Å². The third kappa shape index (κ3) is 2.81. The Hall–Kier alpha value is -1.81. The summed E-state index contributed by atoms with van der Waals surface area (Å²) in [6.07, 6.45) is 1.12. The highest BCUT2D eigenvalue weighted by Crippen LogP contribution is 2.52. The third-order valence-corrected chi connectivity index (χ3v) is 4.69. The average molecular weight is 285 g/mol. The van der Waals surface area contributed by atoms with Crippen molar-refractivity contribution in [1.29, 1.82) is 0 Å². The lowest BCUT2D eigenvalue weighted by Gasteiger charge is -2.37. The average Bonchev–Trinajstić information content (AvgIpc) is 3.28. The van der Waals surface area contributed by atoms with Gasteiger partial charge in [0.2, 0.25) is 5.91 Å². The summed E-state index contributed by atoms with van der Waals surface area (Å²) in [5, 5.41) is 3.41. The second-order valence-corrected chi connectivity index (χ2v) is 6.18. The minimum absolute atomic E-state index is 0.358. The number of amides is 1. The van der Waals surface area contributed by atoms with Gasteiger partial charge in [-0.1, -0.05) is 18.7 Å². The molecule has 0 radical (unpaired) electrons. The predicted molar refractivity (Wildman–Crippen MR) is 84.0 cm³/mol. The monoisotopic (exact) mass is 285 g/mol. The van der Waals surface area contributed by atoms with Crippen LogP contribution >= 0.6 is 0 Å². The smallest absolute Gasteiger partial charge is 0.248 e. The summed E-state index contributed by atoms with van der Waals surface area (Å²) in [4.78, 5) is 13.7. The fourth-order valence-electron chi connectivity index (χ4n) is 3.33. The third-order valence-electron chi connectivity index (χ3n) is 4.69. The number of piperazine rings is 1. The molecular weight excluding hydrogens is 262 g/mol. The van der Waals surface area contributed by atoms with Gasteiger partial charge in [-0.2, -0.15) is 0 Å². The second-order valence-electron chi connectivity index (χ2n) is 6.18. The molecule has 4 heteroatoms. The van der Waals surface area contributed by atoms with Crippen LogP contribution in [0.1, 0.15) is 35.2 Å². The highest BCUT2D eigenvalue weighted by molar-refractivity contribution is 5.92. The van der Waals surface area contributed by atoms with Gasteiger partial charge in [-0.05, 0) is 37.0 Å². The molecule has 0 aromatic heterocycles. The standard InChI is InChI=1S/C17H23N3O/c1-11-10-19-6-7-20(11)12(2)15-9-16(15)13-4-3-5-14(8-13)17(18)21/h3-5,8,11,15-16,19H,2,6-7,9-10H2,1H3,(H2,18,21)/t11-,15+,16-/m1/s1. The van der Waals surface area contributed by atoms with E-state index in [2.05, 4.69) is 29.8 Å². The van der Waals surface area contributed by atoms with Gasteiger partial charge < -0.3 is 16.0 Å². The number of primary amides is 1. The molecule has 1 heterocycles. The van der Waals surface area contributed by atoms with Gasteiger partial charge >= 0.3 is 0 Å². The van der Waals surface area contributed by atoms with Crippen molar-refractivity contribution in [2.24, 2.45) is 11.7 Å². The minimum Gasteiger partial charge on any atom is -0.370 e. The molecule has 0 bridgehead atoms. The van der Waals surface area contributed by atoms with Crippen LogP contribution in [0.4, 0.5) is 0 Å². The number of nitrogens with two attached hydrogens (primary N) is 1. The Morgan fingerprint density at radius 3 is 3.00 bits per heavy atom. The van der Waals surface area contributed by atoms with E-state index in [1.165, 1.54) is 11.3 Å². The maximum atomic E-state index is 11.3. The Kier molecular flexibility index (Phi) is 3.72. The van der Waals surface area contributed by atoms with E-state index in [1.54, 1.807) is 6.07 Å². The lowest BCUT2D eigenvalue weighted by molar-refractivity contribution is 0.1000. The molecule has 1 aromatic carbocycles. The zero-order valence-electron chi connectivity index (χ0n) is 12.5. The van der Waals surface area contributed by atoms with Gasteiger partial charge in [0.05, 0.1) is 0 Å². The van der Waals surface area contributed by atoms with Crippen molar-refractivity contribution in [3.63, 3.8) is 0 Å². The summed E-state index contributed by atoms with van der Waals surface area (Å²) in [6.45, 7) is 9.65. The van der Waals surface area contributed by atoms with Crippen molar-refractivity contribution in [3.05, 3.63) is 47.7 Å². The first-order chi connectivity index (χ1) is 10.1. The van der Waals surface area contributed by atoms with Gasteiger partial charge in [-0.15, -0.1) is 0 Å². The predicted octanol–water partition coefficient (Wildman–Crippen LogP) is 1.70. The Morgan fingerprint density at radius 2 is 2.29 bits per heavy atom. The van der Waals surface area contributed by atoms with Crippen LogP contribution in [0.2, 0.25) is 0 Å². The number of carbonyl (C=O) groups is 1. The van der Waals surface area contributed by atoms with Crippen LogP contribution in [-0.4, -0.2) is 36.5 Å². The fraction of sp³-hybridized carbons (Fsp3) is 0.471. The van der Waals surface area contributed by atoms with Crippen LogP contribution in [0.25, 0.3) is 0 Å². The molecular formula is C17H23N3O. The minimum atomic E-state index is -0.358. The van der Waals surface area contributed by atoms with E-state index in [-0.39, 0.29) is 5.91 Å². The summed E-state index contributed by atoms with van der Waals surface area (Å²) in [5.41, 5.74) is 8.41. The van der Waals surface area contributed by atoms with Crippen molar-refractivity contribution < 1.29 is 4.79 Å². The van der Waals surface area contributed by atoms with Crippen molar-refractivity contribution in [1.82, 2.24) is 10.2 Å². The molecule has 0 unspecified atom stereocenters. The van der Waals surface area contributed by atoms with Crippen molar-refractivity contribution in [2.45, 2.75) is 25.3 Å². The first-order valence-electron chi connectivity index (χ1n) is 7.64. The highest BCUT2D eigenvalue weighted by Gasteiger charge is 2.42. The molecule has 112 valence electrons. The normalized spacial score (nSPS) is 28.2. The van der Waals surface area contributed by atoms with Gasteiger partial charge in [0, 0.05) is 42.9 Å². The molecule has 1 amide bonds. The largest absolute Gasteiger partial charge is 0.370 e. The van der Waals surface area contributed by atoms with Crippen LogP contribution in [0.15, 0.2) is 36.5 Å². The number of hydrogen-bond acceptors (Lipinski definition) is 3. The van der Waals surface area contributed by atoms with E-state index in [4.69, 9.17) is 5.73 Å². The van der Waals surface area contributed by atoms with Crippen LogP contribution in [0, 0.1) is 5.92 Å². The number of nitrogens with one attached hydrogen (secondary N) is 1. The first-order valence-corrected chi connectivity index (χ1v) is 7.64.